The summed E-state index contributed by atoms with van der Waals surface area (Å²) in [6.45, 7) is 0. The Morgan fingerprint density at radius 1 is 1.21 bits per heavy atom. The summed E-state index contributed by atoms with van der Waals surface area (Å²) in [7, 11) is 5.62. The molecule has 4 rings (SSSR count). The first-order valence-corrected chi connectivity index (χ1v) is 9.20. The van der Waals surface area contributed by atoms with Gasteiger partial charge in [-0.1, -0.05) is 30.3 Å². The Morgan fingerprint density at radius 3 is 2.61 bits per heavy atom. The highest BCUT2D eigenvalue weighted by Gasteiger charge is 2.40. The van der Waals surface area contributed by atoms with E-state index in [0.29, 0.717) is 17.6 Å². The van der Waals surface area contributed by atoms with E-state index in [1.54, 1.807) is 24.1 Å². The van der Waals surface area contributed by atoms with Gasteiger partial charge in [0.1, 0.15) is 0 Å². The normalized spacial score (nSPS) is 18.1. The Bertz CT molecular complexity index is 966. The highest BCUT2D eigenvalue weighted by Crippen LogP contribution is 2.27. The smallest absolute Gasteiger partial charge is 0.272 e. The summed E-state index contributed by atoms with van der Waals surface area (Å²) >= 11 is 0. The van der Waals surface area contributed by atoms with Gasteiger partial charge in [0.25, 0.3) is 5.91 Å². The lowest BCUT2D eigenvalue weighted by atomic mass is 10.1. The molecule has 1 amide bonds. The number of aromatic nitrogens is 3. The van der Waals surface area contributed by atoms with Gasteiger partial charge >= 0.3 is 0 Å². The van der Waals surface area contributed by atoms with Crippen molar-refractivity contribution in [2.24, 2.45) is 0 Å². The van der Waals surface area contributed by atoms with Crippen molar-refractivity contribution in [2.45, 2.75) is 18.5 Å². The van der Waals surface area contributed by atoms with Gasteiger partial charge in [0.15, 0.2) is 5.69 Å². The van der Waals surface area contributed by atoms with Crippen LogP contribution < -0.4 is 10.1 Å². The third-order valence-corrected chi connectivity index (χ3v) is 4.92. The molecular weight excluding hydrogens is 354 g/mol. The predicted octanol–water partition coefficient (Wildman–Crippen LogP) is 2.38. The fraction of sp³-hybridized carbons (Fsp3) is 0.286. The van der Waals surface area contributed by atoms with E-state index in [2.05, 4.69) is 20.3 Å². The quantitative estimate of drug-likeness (QED) is 0.714. The molecule has 0 radical (unpaired) electrons. The molecule has 3 aromatic rings. The largest absolute Gasteiger partial charge is 0.481 e. The molecule has 144 valence electrons. The maximum atomic E-state index is 12.8. The number of carbonyl (C=O) groups excluding carboxylic acids is 1. The van der Waals surface area contributed by atoms with E-state index in [-0.39, 0.29) is 11.9 Å². The Balaban J connectivity index is 1.67. The first-order chi connectivity index (χ1) is 13.6. The minimum atomic E-state index is -0.160. The van der Waals surface area contributed by atoms with E-state index in [4.69, 9.17) is 4.74 Å². The van der Waals surface area contributed by atoms with Gasteiger partial charge < -0.3 is 15.0 Å². The fourth-order valence-electron chi connectivity index (χ4n) is 3.27. The zero-order valence-electron chi connectivity index (χ0n) is 16.2. The Morgan fingerprint density at radius 2 is 2.00 bits per heavy atom. The summed E-state index contributed by atoms with van der Waals surface area (Å²) < 4.78 is 6.88. The van der Waals surface area contributed by atoms with Crippen LogP contribution in [0.15, 0.2) is 54.7 Å². The van der Waals surface area contributed by atoms with Crippen molar-refractivity contribution in [3.8, 4) is 22.8 Å². The molecule has 0 unspecified atom stereocenters. The summed E-state index contributed by atoms with van der Waals surface area (Å²) in [4.78, 5) is 19.1. The molecule has 7 heteroatoms. The van der Waals surface area contributed by atoms with Crippen LogP contribution in [0.3, 0.4) is 0 Å². The zero-order valence-corrected chi connectivity index (χ0v) is 16.2. The molecule has 0 bridgehead atoms. The molecule has 2 aromatic heterocycles. The summed E-state index contributed by atoms with van der Waals surface area (Å²) in [6, 6.07) is 15.9. The summed E-state index contributed by atoms with van der Waals surface area (Å²) in [5.74, 6) is 0.366. The number of rotatable bonds is 6. The van der Waals surface area contributed by atoms with Crippen LogP contribution in [0.4, 0.5) is 0 Å². The molecule has 1 aliphatic rings. The summed E-state index contributed by atoms with van der Waals surface area (Å²) in [5, 5.41) is 7.64. The third-order valence-electron chi connectivity index (χ3n) is 4.92. The van der Waals surface area contributed by atoms with Gasteiger partial charge in [0, 0.05) is 23.7 Å². The molecule has 1 N–H and O–H groups in total. The van der Waals surface area contributed by atoms with Crippen LogP contribution in [0.5, 0.6) is 5.88 Å². The molecule has 2 heterocycles. The number of amides is 1. The molecule has 7 nitrogen and oxygen atoms in total. The van der Waals surface area contributed by atoms with Gasteiger partial charge in [0.05, 0.1) is 24.7 Å². The van der Waals surface area contributed by atoms with Crippen LogP contribution in [0, 0.1) is 0 Å². The average molecular weight is 377 g/mol. The van der Waals surface area contributed by atoms with Gasteiger partial charge in [-0.05, 0) is 32.6 Å². The summed E-state index contributed by atoms with van der Waals surface area (Å²) in [6.07, 6.45) is 2.65. The average Bonchev–Trinajstić information content (AvgIpc) is 3.35. The van der Waals surface area contributed by atoms with E-state index in [1.807, 2.05) is 56.6 Å². The predicted molar refractivity (Wildman–Crippen MR) is 107 cm³/mol. The highest BCUT2D eigenvalue weighted by molar-refractivity contribution is 5.94. The van der Waals surface area contributed by atoms with Crippen LogP contribution in [-0.2, 0) is 0 Å². The number of carbonyl (C=O) groups is 1. The lowest BCUT2D eigenvalue weighted by molar-refractivity contribution is 0.0942. The zero-order chi connectivity index (χ0) is 19.7. The van der Waals surface area contributed by atoms with E-state index < -0.39 is 0 Å². The minimum absolute atomic E-state index is 0.160. The van der Waals surface area contributed by atoms with Crippen molar-refractivity contribution in [2.75, 3.05) is 21.2 Å². The SMILES string of the molecule is COc1ccc(-n2nc(C(=O)N[C@@H]3C[C@@H]3N(C)C)cc2-c2ccccc2)cn1. The maximum absolute atomic E-state index is 12.8. The second kappa shape index (κ2) is 7.44. The second-order valence-electron chi connectivity index (χ2n) is 7.10. The number of likely N-dealkylation sites (N-methyl/N-ethyl adjacent to an activating group) is 1. The Labute approximate surface area is 164 Å². The molecular formula is C21H23N5O2. The molecule has 28 heavy (non-hydrogen) atoms. The number of ether oxygens (including phenoxy) is 1. The van der Waals surface area contributed by atoms with Gasteiger partial charge in [0.2, 0.25) is 5.88 Å². The maximum Gasteiger partial charge on any atom is 0.272 e. The standard InChI is InChI=1S/C21H23N5O2/c1-25(2)19-11-16(19)23-21(27)17-12-18(14-7-5-4-6-8-14)26(24-17)15-9-10-20(28-3)22-13-15/h4-10,12-13,16,19H,11H2,1-3H3,(H,23,27)/t16-,19+/m1/s1. The molecule has 1 aliphatic carbocycles. The number of hydrogen-bond acceptors (Lipinski definition) is 5. The van der Waals surface area contributed by atoms with Gasteiger partial charge in [-0.25, -0.2) is 9.67 Å². The lowest BCUT2D eigenvalue weighted by Crippen LogP contribution is -2.31. The van der Waals surface area contributed by atoms with Crippen molar-refractivity contribution in [1.82, 2.24) is 25.0 Å². The fourth-order valence-corrected chi connectivity index (χ4v) is 3.27. The van der Waals surface area contributed by atoms with Crippen LogP contribution in [0.1, 0.15) is 16.9 Å². The molecule has 1 fully saturated rings. The first-order valence-electron chi connectivity index (χ1n) is 9.20. The van der Waals surface area contributed by atoms with Crippen molar-refractivity contribution >= 4 is 5.91 Å². The van der Waals surface area contributed by atoms with Gasteiger partial charge in [-0.2, -0.15) is 5.10 Å². The number of nitrogens with zero attached hydrogens (tertiary/aromatic N) is 4. The van der Waals surface area contributed by atoms with Crippen LogP contribution in [0.2, 0.25) is 0 Å². The first kappa shape index (κ1) is 18.2. The Hall–Kier alpha value is -3.19. The number of pyridine rings is 1. The number of methoxy groups -OCH3 is 1. The van der Waals surface area contributed by atoms with Crippen LogP contribution in [0.25, 0.3) is 16.9 Å². The third kappa shape index (κ3) is 3.61. The molecule has 2 atom stereocenters. The topological polar surface area (TPSA) is 72.3 Å². The van der Waals surface area contributed by atoms with E-state index >= 15 is 0 Å². The van der Waals surface area contributed by atoms with E-state index in [9.17, 15) is 4.79 Å². The second-order valence-corrected chi connectivity index (χ2v) is 7.10. The number of benzene rings is 1. The summed E-state index contributed by atoms with van der Waals surface area (Å²) in [5.41, 5.74) is 2.95. The van der Waals surface area contributed by atoms with Crippen molar-refractivity contribution in [1.29, 1.82) is 0 Å². The van der Waals surface area contributed by atoms with Gasteiger partial charge in [-0.3, -0.25) is 4.79 Å². The van der Waals surface area contributed by atoms with E-state index in [0.717, 1.165) is 23.4 Å². The van der Waals surface area contributed by atoms with Crippen molar-refractivity contribution < 1.29 is 9.53 Å². The monoisotopic (exact) mass is 377 g/mol. The minimum Gasteiger partial charge on any atom is -0.481 e. The van der Waals surface area contributed by atoms with Crippen molar-refractivity contribution in [3.63, 3.8) is 0 Å². The highest BCUT2D eigenvalue weighted by atomic mass is 16.5. The van der Waals surface area contributed by atoms with Crippen molar-refractivity contribution in [3.05, 3.63) is 60.4 Å². The molecule has 1 saturated carbocycles. The molecule has 0 saturated heterocycles. The molecule has 0 spiro atoms. The lowest BCUT2D eigenvalue weighted by Gasteiger charge is -2.09. The number of hydrogen-bond donors (Lipinski definition) is 1. The van der Waals surface area contributed by atoms with Gasteiger partial charge in [-0.15, -0.1) is 0 Å². The van der Waals surface area contributed by atoms with Crippen LogP contribution in [-0.4, -0.2) is 58.9 Å². The Kier molecular flexibility index (Phi) is 4.83. The number of nitrogens with one attached hydrogen (secondary N) is 1. The van der Waals surface area contributed by atoms with E-state index in [1.165, 1.54) is 0 Å². The van der Waals surface area contributed by atoms with Crippen LogP contribution >= 0.6 is 0 Å². The molecule has 1 aromatic carbocycles. The molecule has 0 aliphatic heterocycles.